The van der Waals surface area contributed by atoms with E-state index in [9.17, 15) is 38.6 Å². The average Bonchev–Trinajstić information content (AvgIpc) is 1.73. The molecular formula is C3H4ClF7O4S2. The van der Waals surface area contributed by atoms with Crippen molar-refractivity contribution in [2.45, 2.75) is 12.2 Å². The summed E-state index contributed by atoms with van der Waals surface area (Å²) in [6.45, 7) is -3.67. The molecule has 0 aromatic rings. The van der Waals surface area contributed by atoms with Crippen LogP contribution in [0.5, 0.6) is 0 Å². The number of halogens is 8. The number of hydrogen-bond donors (Lipinski definition) is 0. The first kappa shape index (κ1) is 21.9. The fourth-order valence-corrected chi connectivity index (χ4v) is 0. The SMILES string of the molecule is CS(=O)(=O)Cl.FC(F)F.O=S(=O)(F)C(F)(F)F. The van der Waals surface area contributed by atoms with Crippen LogP contribution in [-0.4, -0.2) is 35.3 Å². The normalized spacial score (nSPS) is 12.1. The molecule has 14 heteroatoms. The Morgan fingerprint density at radius 1 is 1.00 bits per heavy atom. The average molecular weight is 337 g/mol. The highest BCUT2D eigenvalue weighted by atomic mass is 35.7. The first-order chi connectivity index (χ1) is 6.98. The van der Waals surface area contributed by atoms with Gasteiger partial charge in [0.1, 0.15) is 0 Å². The van der Waals surface area contributed by atoms with E-state index in [2.05, 4.69) is 10.7 Å². The molecule has 0 amide bonds. The quantitative estimate of drug-likeness (QED) is 0.502. The van der Waals surface area contributed by atoms with Gasteiger partial charge in [-0.15, -0.1) is 0 Å². The van der Waals surface area contributed by atoms with Crippen molar-refractivity contribution in [3.05, 3.63) is 0 Å². The van der Waals surface area contributed by atoms with Gasteiger partial charge in [-0.2, -0.15) is 34.8 Å². The Morgan fingerprint density at radius 3 is 1.06 bits per heavy atom. The summed E-state index contributed by atoms with van der Waals surface area (Å²) >= 11 is 0. The third-order valence-corrected chi connectivity index (χ3v) is 0.829. The minimum absolute atomic E-state index is 0.925. The molecule has 0 aliphatic heterocycles. The van der Waals surface area contributed by atoms with Crippen LogP contribution in [0.3, 0.4) is 0 Å². The standard InChI is InChI=1S/CH3ClO2S.CF4O2S.CHF3/c1-5(2,3)4;2-1(3,4)8(5,6)7;2-1(3)4/h1H3;;1H. The predicted octanol–water partition coefficient (Wildman–Crippen LogP) is 2.17. The summed E-state index contributed by atoms with van der Waals surface area (Å²) in [5, 5.41) is 0. The number of rotatable bonds is 0. The highest BCUT2D eigenvalue weighted by Crippen LogP contribution is 2.23. The summed E-state index contributed by atoms with van der Waals surface area (Å²) in [7, 11) is -5.03. The van der Waals surface area contributed by atoms with E-state index in [1.54, 1.807) is 0 Å². The molecule has 0 N–H and O–H groups in total. The van der Waals surface area contributed by atoms with Crippen LogP contribution in [-0.2, 0) is 19.3 Å². The van der Waals surface area contributed by atoms with E-state index in [-0.39, 0.29) is 0 Å². The van der Waals surface area contributed by atoms with E-state index in [1.165, 1.54) is 0 Å². The minimum atomic E-state index is -6.34. The van der Waals surface area contributed by atoms with E-state index in [0.717, 1.165) is 6.26 Å². The highest BCUT2D eigenvalue weighted by molar-refractivity contribution is 8.13. The lowest BCUT2D eigenvalue weighted by atomic mass is 11.6. The van der Waals surface area contributed by atoms with Crippen molar-refractivity contribution in [1.29, 1.82) is 0 Å². The molecule has 0 rings (SSSR count). The second-order valence-electron chi connectivity index (χ2n) is 1.81. The van der Waals surface area contributed by atoms with Gasteiger partial charge in [0.25, 0.3) is 0 Å². The molecule has 0 aromatic carbocycles. The van der Waals surface area contributed by atoms with Crippen LogP contribution in [0.4, 0.5) is 30.2 Å². The molecule has 0 unspecified atom stereocenters. The van der Waals surface area contributed by atoms with E-state index in [1.807, 2.05) is 0 Å². The molecular weight excluding hydrogens is 333 g/mol. The predicted molar refractivity (Wildman–Crippen MR) is 43.9 cm³/mol. The van der Waals surface area contributed by atoms with Crippen molar-refractivity contribution in [3.63, 3.8) is 0 Å². The largest absolute Gasteiger partial charge is 0.527 e. The minimum Gasteiger partial charge on any atom is -0.213 e. The molecule has 0 aliphatic carbocycles. The molecule has 0 aromatic heterocycles. The van der Waals surface area contributed by atoms with Gasteiger partial charge < -0.3 is 0 Å². The molecule has 0 aliphatic rings. The van der Waals surface area contributed by atoms with Crippen molar-refractivity contribution in [2.75, 3.05) is 6.26 Å². The van der Waals surface area contributed by atoms with Gasteiger partial charge >= 0.3 is 22.4 Å². The van der Waals surface area contributed by atoms with Crippen molar-refractivity contribution < 1.29 is 47.1 Å². The summed E-state index contributed by atoms with van der Waals surface area (Å²) in [4.78, 5) is 0. The van der Waals surface area contributed by atoms with Gasteiger partial charge in [-0.05, 0) is 0 Å². The Morgan fingerprint density at radius 2 is 1.06 bits per heavy atom. The third kappa shape index (κ3) is 38.9. The molecule has 0 heterocycles. The third-order valence-electron chi connectivity index (χ3n) is 0.276. The lowest BCUT2D eigenvalue weighted by molar-refractivity contribution is -0.0479. The van der Waals surface area contributed by atoms with Gasteiger partial charge in [-0.1, -0.05) is 3.89 Å². The monoisotopic (exact) mass is 336 g/mol. The van der Waals surface area contributed by atoms with Gasteiger partial charge in [0.05, 0.1) is 6.26 Å². The van der Waals surface area contributed by atoms with Gasteiger partial charge in [-0.25, -0.2) is 8.42 Å². The smallest absolute Gasteiger partial charge is 0.213 e. The summed E-state index contributed by atoms with van der Waals surface area (Å²) in [6, 6.07) is 0. The van der Waals surface area contributed by atoms with Gasteiger partial charge in [0, 0.05) is 10.7 Å². The Hall–Kier alpha value is -0.300. The first-order valence-electron chi connectivity index (χ1n) is 2.81. The van der Waals surface area contributed by atoms with Crippen LogP contribution in [0, 0.1) is 0 Å². The Kier molecular flexibility index (Phi) is 10.2. The fourth-order valence-electron chi connectivity index (χ4n) is 0. The van der Waals surface area contributed by atoms with Crippen LogP contribution >= 0.6 is 10.7 Å². The number of hydrogen-bond acceptors (Lipinski definition) is 4. The molecule has 17 heavy (non-hydrogen) atoms. The molecule has 0 bridgehead atoms. The van der Waals surface area contributed by atoms with E-state index < -0.39 is 31.5 Å². The molecule has 0 saturated heterocycles. The maximum absolute atomic E-state index is 10.7. The summed E-state index contributed by atoms with van der Waals surface area (Å²) in [5.74, 6) is 0. The van der Waals surface area contributed by atoms with Crippen LogP contribution in [0.1, 0.15) is 0 Å². The molecule has 0 saturated carbocycles. The van der Waals surface area contributed by atoms with Crippen LogP contribution < -0.4 is 0 Å². The maximum Gasteiger partial charge on any atom is 0.527 e. The Bertz CT molecular complexity index is 373. The fraction of sp³-hybridized carbons (Fsp3) is 1.00. The maximum atomic E-state index is 10.7. The Labute approximate surface area is 96.0 Å². The van der Waals surface area contributed by atoms with Crippen LogP contribution in [0.25, 0.3) is 0 Å². The highest BCUT2D eigenvalue weighted by Gasteiger charge is 2.46. The van der Waals surface area contributed by atoms with Crippen molar-refractivity contribution in [3.8, 4) is 0 Å². The van der Waals surface area contributed by atoms with Gasteiger partial charge in [-0.3, -0.25) is 0 Å². The zero-order valence-corrected chi connectivity index (χ0v) is 9.94. The topological polar surface area (TPSA) is 68.3 Å². The molecule has 4 nitrogen and oxygen atoms in total. The first-order valence-corrected chi connectivity index (χ1v) is 6.91. The Balaban J connectivity index is -0.000000188. The van der Waals surface area contributed by atoms with Crippen molar-refractivity contribution >= 4 is 30.0 Å². The molecule has 108 valence electrons. The zero-order chi connectivity index (χ0) is 15.1. The van der Waals surface area contributed by atoms with Gasteiger partial charge in [0.2, 0.25) is 9.05 Å². The summed E-state index contributed by atoms with van der Waals surface area (Å²) < 4.78 is 108. The zero-order valence-electron chi connectivity index (χ0n) is 7.55. The lowest BCUT2D eigenvalue weighted by Gasteiger charge is -1.95. The molecule has 0 atom stereocenters. The lowest BCUT2D eigenvalue weighted by Crippen LogP contribution is -2.17. The molecule has 0 radical (unpaired) electrons. The molecule has 0 fully saturated rings. The van der Waals surface area contributed by atoms with Crippen LogP contribution in [0.15, 0.2) is 0 Å². The number of alkyl halides is 6. The second-order valence-corrected chi connectivity index (χ2v) is 6.20. The van der Waals surface area contributed by atoms with Crippen molar-refractivity contribution in [1.82, 2.24) is 0 Å². The summed E-state index contributed by atoms with van der Waals surface area (Å²) in [5.41, 5.74) is -5.76. The van der Waals surface area contributed by atoms with E-state index in [4.69, 9.17) is 8.42 Å². The molecule has 0 spiro atoms. The van der Waals surface area contributed by atoms with E-state index in [0.29, 0.717) is 0 Å². The van der Waals surface area contributed by atoms with E-state index >= 15 is 0 Å². The van der Waals surface area contributed by atoms with Crippen molar-refractivity contribution in [2.24, 2.45) is 0 Å². The van der Waals surface area contributed by atoms with Crippen LogP contribution in [0.2, 0.25) is 0 Å². The summed E-state index contributed by atoms with van der Waals surface area (Å²) in [6.07, 6.45) is 0.925. The van der Waals surface area contributed by atoms with Gasteiger partial charge in [0.15, 0.2) is 0 Å². The second kappa shape index (κ2) is 7.92.